The van der Waals surface area contributed by atoms with Crippen LogP contribution in [0, 0.1) is 29.1 Å². The summed E-state index contributed by atoms with van der Waals surface area (Å²) in [5.74, 6) is 6.92. The molecule has 3 atom stereocenters. The van der Waals surface area contributed by atoms with Gasteiger partial charge in [0.25, 0.3) is 0 Å². The van der Waals surface area contributed by atoms with Crippen LogP contribution < -0.4 is 15.4 Å². The lowest BCUT2D eigenvalue weighted by Gasteiger charge is -2.30. The van der Waals surface area contributed by atoms with E-state index in [1.54, 1.807) is 50.5 Å². The van der Waals surface area contributed by atoms with Gasteiger partial charge in [-0.05, 0) is 64.5 Å². The molecule has 1 aliphatic carbocycles. The summed E-state index contributed by atoms with van der Waals surface area (Å²) < 4.78 is 5.44. The molecule has 10 nitrogen and oxygen atoms in total. The van der Waals surface area contributed by atoms with Crippen LogP contribution in [-0.2, 0) is 9.59 Å². The van der Waals surface area contributed by atoms with Crippen molar-refractivity contribution in [2.24, 2.45) is 5.92 Å². The van der Waals surface area contributed by atoms with Crippen molar-refractivity contribution in [3.8, 4) is 23.8 Å². The Balaban J connectivity index is 1.58. The number of nitrogens with zero attached hydrogens (tertiary/aromatic N) is 5. The monoisotopic (exact) mass is 543 g/mol. The fraction of sp³-hybridized carbons (Fsp3) is 0.433. The zero-order valence-electron chi connectivity index (χ0n) is 23.8. The Kier molecular flexibility index (Phi) is 11.0. The van der Waals surface area contributed by atoms with Crippen LogP contribution in [0.25, 0.3) is 0 Å². The minimum absolute atomic E-state index is 0.00655. The highest BCUT2D eigenvalue weighted by Crippen LogP contribution is 2.25. The zero-order valence-corrected chi connectivity index (χ0v) is 23.8. The molecule has 10 heteroatoms. The van der Waals surface area contributed by atoms with Gasteiger partial charge in [0, 0.05) is 37.3 Å². The number of carbonyl (C=O) groups excluding carboxylic acids is 2. The smallest absolute Gasteiger partial charge is 0.246 e. The molecule has 0 spiro atoms. The maximum Gasteiger partial charge on any atom is 0.246 e. The highest BCUT2D eigenvalue weighted by Gasteiger charge is 2.26. The summed E-state index contributed by atoms with van der Waals surface area (Å²) >= 11 is 0. The van der Waals surface area contributed by atoms with Gasteiger partial charge in [-0.2, -0.15) is 10.2 Å². The Bertz CT molecular complexity index is 1310. The Morgan fingerprint density at radius 2 is 1.98 bits per heavy atom. The molecule has 0 radical (unpaired) electrons. The molecule has 1 fully saturated rings. The summed E-state index contributed by atoms with van der Waals surface area (Å²) in [5, 5.41) is 15.2. The van der Waals surface area contributed by atoms with E-state index in [4.69, 9.17) is 10.00 Å². The lowest BCUT2D eigenvalue weighted by atomic mass is 9.86. The van der Waals surface area contributed by atoms with E-state index in [1.165, 1.54) is 18.1 Å². The standard InChI is InChI=1S/C30H37N7O3/c1-21(37(4)27(38)10-7-17-36(2)3)28(39)33-26-9-6-8-22(18-26)11-14-24-20-32-30(35-29(24)40-5)34-25-15-12-23(19-31)13-16-25/h7,10,12-13,15-16,20-22,26H,6,8-9,17-18H2,1-5H3,(H,33,39)(H,32,34,35)/t21-,22-,26-/m0/s1. The minimum atomic E-state index is -0.583. The molecule has 1 aliphatic rings. The molecule has 3 rings (SSSR count). The third-order valence-corrected chi connectivity index (χ3v) is 6.69. The topological polar surface area (TPSA) is 123 Å². The Morgan fingerprint density at radius 1 is 1.23 bits per heavy atom. The van der Waals surface area contributed by atoms with E-state index in [1.807, 2.05) is 19.0 Å². The largest absolute Gasteiger partial charge is 0.480 e. The first-order valence-corrected chi connectivity index (χ1v) is 13.3. The van der Waals surface area contributed by atoms with Crippen molar-refractivity contribution in [3.63, 3.8) is 0 Å². The number of anilines is 2. The maximum absolute atomic E-state index is 12.9. The molecule has 210 valence electrons. The van der Waals surface area contributed by atoms with Crippen molar-refractivity contribution in [2.45, 2.75) is 44.7 Å². The van der Waals surface area contributed by atoms with Crippen molar-refractivity contribution in [1.82, 2.24) is 25.1 Å². The predicted octanol–water partition coefficient (Wildman–Crippen LogP) is 3.09. The number of hydrogen-bond acceptors (Lipinski definition) is 8. The molecule has 2 N–H and O–H groups in total. The normalized spacial score (nSPS) is 17.3. The van der Waals surface area contributed by atoms with Crippen molar-refractivity contribution in [1.29, 1.82) is 5.26 Å². The summed E-state index contributed by atoms with van der Waals surface area (Å²) in [6.45, 7) is 2.39. The zero-order chi connectivity index (χ0) is 29.1. The molecule has 0 unspecified atom stereocenters. The van der Waals surface area contributed by atoms with Gasteiger partial charge in [0.2, 0.25) is 23.6 Å². The number of carbonyl (C=O) groups is 2. The van der Waals surface area contributed by atoms with E-state index in [0.717, 1.165) is 31.4 Å². The van der Waals surface area contributed by atoms with Gasteiger partial charge >= 0.3 is 0 Å². The molecule has 1 heterocycles. The second kappa shape index (κ2) is 14.7. The number of ether oxygens (including phenoxy) is 1. The molecule has 1 saturated carbocycles. The van der Waals surface area contributed by atoms with Crippen LogP contribution >= 0.6 is 0 Å². The van der Waals surface area contributed by atoms with Crippen molar-refractivity contribution in [3.05, 3.63) is 53.7 Å². The van der Waals surface area contributed by atoms with Gasteiger partial charge in [-0.25, -0.2) is 4.98 Å². The van der Waals surface area contributed by atoms with Gasteiger partial charge in [-0.3, -0.25) is 9.59 Å². The molecular weight excluding hydrogens is 506 g/mol. The van der Waals surface area contributed by atoms with E-state index in [-0.39, 0.29) is 23.8 Å². The second-order valence-corrected chi connectivity index (χ2v) is 10.1. The first-order valence-electron chi connectivity index (χ1n) is 13.3. The summed E-state index contributed by atoms with van der Waals surface area (Å²) in [7, 11) is 7.03. The number of rotatable bonds is 9. The summed E-state index contributed by atoms with van der Waals surface area (Å²) in [6, 6.07) is 8.48. The number of aromatic nitrogens is 2. The van der Waals surface area contributed by atoms with E-state index in [2.05, 4.69) is 38.5 Å². The minimum Gasteiger partial charge on any atom is -0.480 e. The van der Waals surface area contributed by atoms with Crippen LogP contribution in [0.3, 0.4) is 0 Å². The Hall–Kier alpha value is -4.41. The molecule has 1 aromatic carbocycles. The lowest BCUT2D eigenvalue weighted by Crippen LogP contribution is -2.49. The number of amides is 2. The number of likely N-dealkylation sites (N-methyl/N-ethyl adjacent to an activating group) is 2. The number of hydrogen-bond donors (Lipinski definition) is 2. The number of benzene rings is 1. The third kappa shape index (κ3) is 8.82. The van der Waals surface area contributed by atoms with Crippen LogP contribution in [0.15, 0.2) is 42.6 Å². The van der Waals surface area contributed by atoms with Crippen molar-refractivity contribution < 1.29 is 14.3 Å². The van der Waals surface area contributed by atoms with Crippen LogP contribution in [0.1, 0.15) is 43.7 Å². The van der Waals surface area contributed by atoms with E-state index >= 15 is 0 Å². The van der Waals surface area contributed by atoms with Gasteiger partial charge in [0.1, 0.15) is 11.6 Å². The van der Waals surface area contributed by atoms with Crippen molar-refractivity contribution >= 4 is 23.5 Å². The molecule has 0 aliphatic heterocycles. The molecule has 0 bridgehead atoms. The van der Waals surface area contributed by atoms with Gasteiger partial charge in [-0.1, -0.05) is 24.3 Å². The van der Waals surface area contributed by atoms with E-state index in [9.17, 15) is 9.59 Å². The molecule has 2 aromatic rings. The Labute approximate surface area is 236 Å². The van der Waals surface area contributed by atoms with Crippen LogP contribution in [0.2, 0.25) is 0 Å². The molecule has 0 saturated heterocycles. The summed E-state index contributed by atoms with van der Waals surface area (Å²) in [6.07, 6.45) is 8.39. The van der Waals surface area contributed by atoms with E-state index in [0.29, 0.717) is 29.5 Å². The van der Waals surface area contributed by atoms with Crippen LogP contribution in [0.5, 0.6) is 5.88 Å². The lowest BCUT2D eigenvalue weighted by molar-refractivity contribution is -0.135. The molecule has 2 amide bonds. The number of nitrogens with one attached hydrogen (secondary N) is 2. The first-order chi connectivity index (χ1) is 19.2. The summed E-state index contributed by atoms with van der Waals surface area (Å²) in [4.78, 5) is 37.5. The Morgan fingerprint density at radius 3 is 2.65 bits per heavy atom. The van der Waals surface area contributed by atoms with Crippen LogP contribution in [-0.4, -0.2) is 78.5 Å². The average Bonchev–Trinajstić information content (AvgIpc) is 2.95. The van der Waals surface area contributed by atoms with Crippen molar-refractivity contribution in [2.75, 3.05) is 40.1 Å². The van der Waals surface area contributed by atoms with Gasteiger partial charge < -0.3 is 25.2 Å². The fourth-order valence-corrected chi connectivity index (χ4v) is 4.23. The van der Waals surface area contributed by atoms with Gasteiger partial charge in [0.05, 0.1) is 24.9 Å². The van der Waals surface area contributed by atoms with Gasteiger partial charge in [0.15, 0.2) is 0 Å². The molecule has 1 aromatic heterocycles. The maximum atomic E-state index is 12.9. The highest BCUT2D eigenvalue weighted by molar-refractivity contribution is 5.92. The van der Waals surface area contributed by atoms with Crippen LogP contribution in [0.4, 0.5) is 11.6 Å². The quantitative estimate of drug-likeness (QED) is 0.365. The summed E-state index contributed by atoms with van der Waals surface area (Å²) in [5.41, 5.74) is 1.90. The fourth-order valence-electron chi connectivity index (χ4n) is 4.23. The third-order valence-electron chi connectivity index (χ3n) is 6.69. The number of nitriles is 1. The number of methoxy groups -OCH3 is 1. The predicted molar refractivity (Wildman–Crippen MR) is 154 cm³/mol. The first kappa shape index (κ1) is 30.1. The highest BCUT2D eigenvalue weighted by atomic mass is 16.5. The van der Waals surface area contributed by atoms with Gasteiger partial charge in [-0.15, -0.1) is 0 Å². The molecule has 40 heavy (non-hydrogen) atoms. The van der Waals surface area contributed by atoms with E-state index < -0.39 is 6.04 Å². The molecular formula is C30H37N7O3. The SMILES string of the molecule is COc1nc(Nc2ccc(C#N)cc2)ncc1C#C[C@@H]1CCC[C@H](NC(=O)[C@H](C)N(C)C(=O)C=CCN(C)C)C1. The second-order valence-electron chi connectivity index (χ2n) is 10.1. The average molecular weight is 544 g/mol.